The molecule has 130 valence electrons. The Morgan fingerprint density at radius 2 is 2.04 bits per heavy atom. The first kappa shape index (κ1) is 14.7. The van der Waals surface area contributed by atoms with Crippen molar-refractivity contribution in [3.63, 3.8) is 0 Å². The van der Waals surface area contributed by atoms with E-state index in [0.717, 1.165) is 12.1 Å². The minimum Gasteiger partial charge on any atom is -0.486 e. The molecule has 1 amide bonds. The fourth-order valence-corrected chi connectivity index (χ4v) is 3.59. The molecule has 0 spiro atoms. The van der Waals surface area contributed by atoms with Gasteiger partial charge in [-0.15, -0.1) is 5.10 Å². The van der Waals surface area contributed by atoms with E-state index in [1.165, 1.54) is 12.8 Å². The Labute approximate surface area is 145 Å². The van der Waals surface area contributed by atoms with E-state index in [1.54, 1.807) is 0 Å². The van der Waals surface area contributed by atoms with Crippen LogP contribution in [0.5, 0.6) is 11.5 Å². The Kier molecular flexibility index (Phi) is 3.39. The van der Waals surface area contributed by atoms with Gasteiger partial charge < -0.3 is 14.4 Å². The maximum Gasteiger partial charge on any atom is 0.257 e. The van der Waals surface area contributed by atoms with Crippen molar-refractivity contribution in [1.29, 1.82) is 0 Å². The van der Waals surface area contributed by atoms with E-state index in [1.807, 2.05) is 27.8 Å². The summed E-state index contributed by atoms with van der Waals surface area (Å²) in [6.07, 6.45) is 5.38. The molecular formula is C18H20N4O3. The monoisotopic (exact) mass is 340 g/mol. The van der Waals surface area contributed by atoms with E-state index in [9.17, 15) is 4.79 Å². The van der Waals surface area contributed by atoms with Gasteiger partial charge in [0, 0.05) is 25.2 Å². The quantitative estimate of drug-likeness (QED) is 0.855. The summed E-state index contributed by atoms with van der Waals surface area (Å²) in [6.45, 7) is 2.36. The standard InChI is InChI=1S/C18H20N4O3/c23-18(14-2-1-3-16-17(14)25-9-8-24-16)21-7-6-13(10-21)22-11-15(19-20-22)12-4-5-12/h1-3,11-13H,4-10H2/t13-/m0/s1. The van der Waals surface area contributed by atoms with E-state index >= 15 is 0 Å². The number of carbonyl (C=O) groups excluding carboxylic acids is 1. The van der Waals surface area contributed by atoms with Crippen LogP contribution in [0, 0.1) is 0 Å². The van der Waals surface area contributed by atoms with Crippen molar-refractivity contribution in [2.24, 2.45) is 0 Å². The van der Waals surface area contributed by atoms with Crippen molar-refractivity contribution in [3.8, 4) is 11.5 Å². The summed E-state index contributed by atoms with van der Waals surface area (Å²) in [5.74, 6) is 1.81. The maximum absolute atomic E-state index is 13.0. The minimum absolute atomic E-state index is 0.00705. The van der Waals surface area contributed by atoms with Crippen LogP contribution in [0.15, 0.2) is 24.4 Å². The first-order valence-electron chi connectivity index (χ1n) is 8.89. The van der Waals surface area contributed by atoms with Crippen LogP contribution in [0.3, 0.4) is 0 Å². The largest absolute Gasteiger partial charge is 0.486 e. The molecule has 2 aromatic rings. The molecule has 0 radical (unpaired) electrons. The van der Waals surface area contributed by atoms with Crippen LogP contribution in [-0.4, -0.2) is 52.1 Å². The molecule has 1 aliphatic carbocycles. The zero-order valence-corrected chi connectivity index (χ0v) is 13.9. The van der Waals surface area contributed by atoms with Crippen molar-refractivity contribution in [2.75, 3.05) is 26.3 Å². The number of carbonyl (C=O) groups is 1. The Morgan fingerprint density at radius 1 is 1.16 bits per heavy atom. The van der Waals surface area contributed by atoms with Gasteiger partial charge in [0.2, 0.25) is 0 Å². The second-order valence-electron chi connectivity index (χ2n) is 6.92. The van der Waals surface area contributed by atoms with Crippen LogP contribution in [0.4, 0.5) is 0 Å². The molecule has 7 heteroatoms. The summed E-state index contributed by atoms with van der Waals surface area (Å²) in [7, 11) is 0. The lowest BCUT2D eigenvalue weighted by Gasteiger charge is -2.23. The van der Waals surface area contributed by atoms with E-state index < -0.39 is 0 Å². The summed E-state index contributed by atoms with van der Waals surface area (Å²) in [6, 6.07) is 5.69. The van der Waals surface area contributed by atoms with Crippen molar-refractivity contribution < 1.29 is 14.3 Å². The van der Waals surface area contributed by atoms with Crippen molar-refractivity contribution in [3.05, 3.63) is 35.7 Å². The number of nitrogens with zero attached hydrogens (tertiary/aromatic N) is 4. The molecule has 0 bridgehead atoms. The SMILES string of the molecule is O=C(c1cccc2c1OCCO2)N1CC[C@H](n2cc(C3CC3)nn2)C1. The summed E-state index contributed by atoms with van der Waals surface area (Å²) < 4.78 is 13.2. The molecule has 1 aromatic carbocycles. The average Bonchev–Trinajstić information content (AvgIpc) is 3.19. The van der Waals surface area contributed by atoms with Gasteiger partial charge in [-0.05, 0) is 31.4 Å². The first-order chi connectivity index (χ1) is 12.3. The highest BCUT2D eigenvalue weighted by molar-refractivity contribution is 5.98. The molecule has 2 aliphatic heterocycles. The van der Waals surface area contributed by atoms with E-state index in [4.69, 9.17) is 9.47 Å². The average molecular weight is 340 g/mol. The van der Waals surface area contributed by atoms with Crippen LogP contribution in [0.1, 0.15) is 47.3 Å². The van der Waals surface area contributed by atoms with Crippen LogP contribution in [0.25, 0.3) is 0 Å². The van der Waals surface area contributed by atoms with Crippen LogP contribution < -0.4 is 9.47 Å². The third-order valence-electron chi connectivity index (χ3n) is 5.14. The Hall–Kier alpha value is -2.57. The lowest BCUT2D eigenvalue weighted by Crippen LogP contribution is -2.30. The van der Waals surface area contributed by atoms with Gasteiger partial charge in [0.1, 0.15) is 13.2 Å². The third kappa shape index (κ3) is 2.63. The second-order valence-corrected chi connectivity index (χ2v) is 6.92. The molecule has 2 fully saturated rings. The number of aromatic nitrogens is 3. The number of benzene rings is 1. The van der Waals surface area contributed by atoms with Crippen LogP contribution >= 0.6 is 0 Å². The highest BCUT2D eigenvalue weighted by atomic mass is 16.6. The van der Waals surface area contributed by atoms with Crippen LogP contribution in [-0.2, 0) is 0 Å². The predicted molar refractivity (Wildman–Crippen MR) is 89.0 cm³/mol. The van der Waals surface area contributed by atoms with E-state index in [-0.39, 0.29) is 11.9 Å². The number of rotatable bonds is 3. The molecule has 3 aliphatic rings. The fraction of sp³-hybridized carbons (Fsp3) is 0.500. The highest BCUT2D eigenvalue weighted by Crippen LogP contribution is 2.39. The molecule has 1 saturated carbocycles. The Balaban J connectivity index is 1.33. The van der Waals surface area contributed by atoms with Gasteiger partial charge in [-0.2, -0.15) is 0 Å². The molecule has 1 atom stereocenters. The number of likely N-dealkylation sites (tertiary alicyclic amines) is 1. The summed E-state index contributed by atoms with van der Waals surface area (Å²) in [4.78, 5) is 14.8. The minimum atomic E-state index is -0.00705. The Morgan fingerprint density at radius 3 is 2.92 bits per heavy atom. The fourth-order valence-electron chi connectivity index (χ4n) is 3.59. The normalized spacial score (nSPS) is 22.2. The summed E-state index contributed by atoms with van der Waals surface area (Å²) in [5.41, 5.74) is 1.67. The van der Waals surface area contributed by atoms with E-state index in [0.29, 0.717) is 49.3 Å². The Bertz CT molecular complexity index is 814. The molecule has 25 heavy (non-hydrogen) atoms. The van der Waals surface area contributed by atoms with Gasteiger partial charge in [-0.3, -0.25) is 4.79 Å². The van der Waals surface area contributed by atoms with Crippen molar-refractivity contribution in [2.45, 2.75) is 31.2 Å². The van der Waals surface area contributed by atoms with Gasteiger partial charge in [-0.25, -0.2) is 4.68 Å². The highest BCUT2D eigenvalue weighted by Gasteiger charge is 2.33. The summed E-state index contributed by atoms with van der Waals surface area (Å²) in [5, 5.41) is 8.56. The first-order valence-corrected chi connectivity index (χ1v) is 8.89. The van der Waals surface area contributed by atoms with E-state index in [2.05, 4.69) is 16.5 Å². The topological polar surface area (TPSA) is 69.5 Å². The second kappa shape index (κ2) is 5.75. The molecule has 7 nitrogen and oxygen atoms in total. The van der Waals surface area contributed by atoms with Gasteiger partial charge in [0.15, 0.2) is 11.5 Å². The van der Waals surface area contributed by atoms with Gasteiger partial charge in [-0.1, -0.05) is 11.3 Å². The number of para-hydroxylation sites is 1. The lowest BCUT2D eigenvalue weighted by atomic mass is 10.1. The smallest absolute Gasteiger partial charge is 0.257 e. The van der Waals surface area contributed by atoms with Gasteiger partial charge in [0.25, 0.3) is 5.91 Å². The molecule has 0 N–H and O–H groups in total. The maximum atomic E-state index is 13.0. The number of ether oxygens (including phenoxy) is 2. The molecule has 3 heterocycles. The zero-order valence-electron chi connectivity index (χ0n) is 13.9. The molecule has 1 saturated heterocycles. The summed E-state index contributed by atoms with van der Waals surface area (Å²) >= 11 is 0. The van der Waals surface area contributed by atoms with Crippen LogP contribution in [0.2, 0.25) is 0 Å². The zero-order chi connectivity index (χ0) is 16.8. The molecule has 1 aromatic heterocycles. The number of amides is 1. The van der Waals surface area contributed by atoms with Crippen molar-refractivity contribution in [1.82, 2.24) is 19.9 Å². The lowest BCUT2D eigenvalue weighted by molar-refractivity contribution is 0.0776. The number of hydrogen-bond acceptors (Lipinski definition) is 5. The third-order valence-corrected chi connectivity index (χ3v) is 5.14. The molecule has 5 rings (SSSR count). The number of hydrogen-bond donors (Lipinski definition) is 0. The van der Waals surface area contributed by atoms with Crippen molar-refractivity contribution >= 4 is 5.91 Å². The molecular weight excluding hydrogens is 320 g/mol. The van der Waals surface area contributed by atoms with Gasteiger partial charge in [0.05, 0.1) is 17.3 Å². The predicted octanol–water partition coefficient (Wildman–Crippen LogP) is 2.01. The van der Waals surface area contributed by atoms with Gasteiger partial charge >= 0.3 is 0 Å². The molecule has 0 unspecified atom stereocenters. The number of fused-ring (bicyclic) bond motifs is 1.